The number of unbranched alkanes of at least 4 members (excludes halogenated alkanes) is 7. The largest absolute Gasteiger partial charge is 0.503 e. The number of hydrogen-bond acceptors (Lipinski definition) is 1. The molecule has 0 unspecified atom stereocenters. The van der Waals surface area contributed by atoms with Gasteiger partial charge < -0.3 is 10.2 Å². The Morgan fingerprint density at radius 2 is 1.29 bits per heavy atom. The maximum absolute atomic E-state index is 8.56. The van der Waals surface area contributed by atoms with Crippen LogP contribution in [0.3, 0.4) is 0 Å². The third-order valence-electron chi connectivity index (χ3n) is 3.16. The van der Waals surface area contributed by atoms with Crippen LogP contribution in [0.4, 0.5) is 4.79 Å². The molecular weight excluding hydrogens is 264 g/mol. The summed E-state index contributed by atoms with van der Waals surface area (Å²) in [7, 11) is 0. The Morgan fingerprint density at radius 1 is 0.905 bits per heavy atom. The number of carbonyl (C=O) groups is 1. The molecule has 0 aromatic carbocycles. The van der Waals surface area contributed by atoms with Gasteiger partial charge in [-0.15, -0.1) is 0 Å². The highest BCUT2D eigenvalue weighted by Crippen LogP contribution is 2.26. The van der Waals surface area contributed by atoms with Gasteiger partial charge in [0.25, 0.3) is 0 Å². The van der Waals surface area contributed by atoms with Crippen LogP contribution < -0.4 is 0 Å². The summed E-state index contributed by atoms with van der Waals surface area (Å²) in [6.45, 7) is 13.4. The number of rotatable bonds is 10. The van der Waals surface area contributed by atoms with E-state index in [1.165, 1.54) is 69.8 Å². The predicted molar refractivity (Wildman–Crippen MR) is 91.1 cm³/mol. The van der Waals surface area contributed by atoms with Crippen LogP contribution in [0.2, 0.25) is 0 Å². The predicted octanol–water partition coefficient (Wildman–Crippen LogP) is 6.73. The fourth-order valence-corrected chi connectivity index (χ4v) is 2.35. The molecule has 0 atom stereocenters. The Hall–Kier alpha value is -0.990. The summed E-state index contributed by atoms with van der Waals surface area (Å²) >= 11 is 0. The van der Waals surface area contributed by atoms with E-state index in [-0.39, 0.29) is 0 Å². The highest BCUT2D eigenvalue weighted by atomic mass is 16.6. The Balaban J connectivity index is 0. The fourth-order valence-electron chi connectivity index (χ4n) is 2.35. The topological polar surface area (TPSA) is 57.5 Å². The molecule has 0 aromatic rings. The number of hydrogen-bond donors (Lipinski definition) is 2. The van der Waals surface area contributed by atoms with Crippen molar-refractivity contribution in [3.05, 3.63) is 12.2 Å². The van der Waals surface area contributed by atoms with Gasteiger partial charge in [-0.2, -0.15) is 0 Å². The second-order valence-electron chi connectivity index (χ2n) is 6.99. The SMILES string of the molecule is C=C(CCCCCCCCCC)CC(C)(C)C.O=C(O)O. The van der Waals surface area contributed by atoms with Crippen molar-refractivity contribution in [2.24, 2.45) is 5.41 Å². The molecule has 3 heteroatoms. The fraction of sp³-hybridized carbons (Fsp3) is 0.833. The van der Waals surface area contributed by atoms with Crippen molar-refractivity contribution in [3.8, 4) is 0 Å². The van der Waals surface area contributed by atoms with Gasteiger partial charge in [0.1, 0.15) is 0 Å². The molecular formula is C18H36O3. The van der Waals surface area contributed by atoms with Crippen LogP contribution in [-0.2, 0) is 0 Å². The van der Waals surface area contributed by atoms with Crippen LogP contribution in [0.25, 0.3) is 0 Å². The van der Waals surface area contributed by atoms with Gasteiger partial charge in [-0.1, -0.05) is 84.8 Å². The van der Waals surface area contributed by atoms with Gasteiger partial charge in [-0.25, -0.2) is 4.79 Å². The first-order valence-corrected chi connectivity index (χ1v) is 8.27. The summed E-state index contributed by atoms with van der Waals surface area (Å²) in [4.78, 5) is 8.56. The average Bonchev–Trinajstić information content (AvgIpc) is 2.29. The molecule has 0 heterocycles. The van der Waals surface area contributed by atoms with E-state index < -0.39 is 6.16 Å². The van der Waals surface area contributed by atoms with Crippen LogP contribution in [0.5, 0.6) is 0 Å². The van der Waals surface area contributed by atoms with E-state index in [1.54, 1.807) is 0 Å². The molecule has 0 aliphatic rings. The summed E-state index contributed by atoms with van der Waals surface area (Å²) < 4.78 is 0. The average molecular weight is 300 g/mol. The van der Waals surface area contributed by atoms with Crippen molar-refractivity contribution in [1.29, 1.82) is 0 Å². The normalized spacial score (nSPS) is 10.7. The van der Waals surface area contributed by atoms with Gasteiger partial charge in [0, 0.05) is 0 Å². The molecule has 0 rings (SSSR count). The molecule has 126 valence electrons. The van der Waals surface area contributed by atoms with Gasteiger partial charge >= 0.3 is 6.16 Å². The molecule has 0 aliphatic heterocycles. The summed E-state index contributed by atoms with van der Waals surface area (Å²) in [5.41, 5.74) is 1.86. The monoisotopic (exact) mass is 300 g/mol. The minimum absolute atomic E-state index is 0.414. The van der Waals surface area contributed by atoms with Crippen LogP contribution >= 0.6 is 0 Å². The number of carboxylic acid groups (broad SMARTS) is 2. The Kier molecular flexibility index (Phi) is 14.8. The lowest BCUT2D eigenvalue weighted by atomic mass is 9.87. The van der Waals surface area contributed by atoms with E-state index in [2.05, 4.69) is 34.3 Å². The van der Waals surface area contributed by atoms with Gasteiger partial charge in [-0.3, -0.25) is 0 Å². The zero-order chi connectivity index (χ0) is 16.7. The molecule has 0 spiro atoms. The highest BCUT2D eigenvalue weighted by molar-refractivity contribution is 5.53. The van der Waals surface area contributed by atoms with Crippen molar-refractivity contribution in [2.75, 3.05) is 0 Å². The molecule has 0 bridgehead atoms. The van der Waals surface area contributed by atoms with Gasteiger partial charge in [0.05, 0.1) is 0 Å². The first-order valence-electron chi connectivity index (χ1n) is 8.27. The Labute approximate surface area is 131 Å². The lowest BCUT2D eigenvalue weighted by molar-refractivity contribution is 0.137. The first kappa shape index (κ1) is 22.3. The minimum atomic E-state index is -1.83. The summed E-state index contributed by atoms with van der Waals surface area (Å²) in [6, 6.07) is 0. The molecule has 0 aromatic heterocycles. The maximum atomic E-state index is 8.56. The van der Waals surface area contributed by atoms with E-state index in [0.717, 1.165) is 0 Å². The molecule has 2 N–H and O–H groups in total. The standard InChI is InChI=1S/C17H34.CH2O3/c1-6-7-8-9-10-11-12-13-14-16(2)15-17(3,4)5;2-1(3)4/h2,6-15H2,1,3-5H3;(H2,2,3,4). The molecule has 3 nitrogen and oxygen atoms in total. The molecule has 0 saturated carbocycles. The van der Waals surface area contributed by atoms with Crippen molar-refractivity contribution in [1.82, 2.24) is 0 Å². The zero-order valence-corrected chi connectivity index (χ0v) is 14.6. The van der Waals surface area contributed by atoms with Crippen LogP contribution in [0, 0.1) is 5.41 Å². The quantitative estimate of drug-likeness (QED) is 0.347. The second-order valence-corrected chi connectivity index (χ2v) is 6.99. The maximum Gasteiger partial charge on any atom is 0.503 e. The molecule has 0 saturated heterocycles. The summed E-state index contributed by atoms with van der Waals surface area (Å²) in [5, 5.41) is 13.9. The van der Waals surface area contributed by atoms with Crippen molar-refractivity contribution < 1.29 is 15.0 Å². The van der Waals surface area contributed by atoms with Gasteiger partial charge in [-0.05, 0) is 24.7 Å². The van der Waals surface area contributed by atoms with E-state index in [9.17, 15) is 0 Å². The lowest BCUT2D eigenvalue weighted by Gasteiger charge is -2.19. The second kappa shape index (κ2) is 14.0. The van der Waals surface area contributed by atoms with Crippen molar-refractivity contribution >= 4 is 6.16 Å². The number of allylic oxidation sites excluding steroid dienone is 1. The van der Waals surface area contributed by atoms with E-state index >= 15 is 0 Å². The molecule has 0 radical (unpaired) electrons. The smallest absolute Gasteiger partial charge is 0.450 e. The Bertz CT molecular complexity index is 260. The van der Waals surface area contributed by atoms with Crippen LogP contribution in [0.1, 0.15) is 91.9 Å². The van der Waals surface area contributed by atoms with E-state index in [4.69, 9.17) is 15.0 Å². The van der Waals surface area contributed by atoms with E-state index in [0.29, 0.717) is 5.41 Å². The van der Waals surface area contributed by atoms with Crippen molar-refractivity contribution in [3.63, 3.8) is 0 Å². The van der Waals surface area contributed by atoms with Crippen molar-refractivity contribution in [2.45, 2.75) is 91.9 Å². The van der Waals surface area contributed by atoms with Crippen LogP contribution in [-0.4, -0.2) is 16.4 Å². The van der Waals surface area contributed by atoms with Gasteiger partial charge in [0.2, 0.25) is 0 Å². The zero-order valence-electron chi connectivity index (χ0n) is 14.6. The van der Waals surface area contributed by atoms with Crippen LogP contribution in [0.15, 0.2) is 12.2 Å². The van der Waals surface area contributed by atoms with Gasteiger partial charge in [0.15, 0.2) is 0 Å². The molecule has 0 aliphatic carbocycles. The lowest BCUT2D eigenvalue weighted by Crippen LogP contribution is -2.05. The third-order valence-corrected chi connectivity index (χ3v) is 3.16. The highest BCUT2D eigenvalue weighted by Gasteiger charge is 2.11. The minimum Gasteiger partial charge on any atom is -0.450 e. The molecule has 21 heavy (non-hydrogen) atoms. The Morgan fingerprint density at radius 3 is 1.67 bits per heavy atom. The summed E-state index contributed by atoms with van der Waals surface area (Å²) in [5.74, 6) is 0. The molecule has 0 fully saturated rings. The summed E-state index contributed by atoms with van der Waals surface area (Å²) in [6.07, 6.45) is 11.9. The first-order chi connectivity index (χ1) is 9.69. The molecule has 0 amide bonds. The van der Waals surface area contributed by atoms with E-state index in [1.807, 2.05) is 0 Å². The third kappa shape index (κ3) is 28.0.